The number of aromatic hydroxyl groups is 1. The third-order valence-electron chi connectivity index (χ3n) is 4.59. The first-order chi connectivity index (χ1) is 15.5. The van der Waals surface area contributed by atoms with Crippen molar-refractivity contribution in [2.24, 2.45) is 10.2 Å². The quantitative estimate of drug-likeness (QED) is 0.415. The molecule has 0 saturated carbocycles. The van der Waals surface area contributed by atoms with Crippen molar-refractivity contribution in [1.82, 2.24) is 9.88 Å². The van der Waals surface area contributed by atoms with E-state index in [2.05, 4.69) is 15.5 Å². The summed E-state index contributed by atoms with van der Waals surface area (Å²) in [6.45, 7) is -0.0761. The molecule has 3 rings (SSSR count). The van der Waals surface area contributed by atoms with Gasteiger partial charge < -0.3 is 19.7 Å². The third-order valence-corrected chi connectivity index (χ3v) is 4.59. The second-order valence-corrected chi connectivity index (χ2v) is 6.64. The summed E-state index contributed by atoms with van der Waals surface area (Å²) in [7, 11) is 1.54. The molecule has 3 aromatic rings. The fraction of sp³-hybridized carbons (Fsp3) is 0.174. The second-order valence-electron chi connectivity index (χ2n) is 6.64. The van der Waals surface area contributed by atoms with Crippen LogP contribution in [0.3, 0.4) is 0 Å². The van der Waals surface area contributed by atoms with Crippen LogP contribution < -0.4 is 10.1 Å². The van der Waals surface area contributed by atoms with Crippen LogP contribution in [0.25, 0.3) is 17.0 Å². The van der Waals surface area contributed by atoms with Gasteiger partial charge >= 0.3 is 0 Å². The SMILES string of the molecule is COc1ccccc1C=CC(=O)NCC(=O)N=Nc1c(O)n(CCC#N)c2ccccc12. The molecule has 0 spiro atoms. The molecular formula is C23H21N5O4. The second kappa shape index (κ2) is 10.5. The standard InChI is InChI=1S/C23H21N5O4/c1-32-19-10-5-2-7-16(19)11-12-20(29)25-15-21(30)26-27-22-17-8-3-4-9-18(17)28(23(22)31)14-6-13-24/h2-5,7-12,31H,6,14-15H2,1H3,(H,25,29). The van der Waals surface area contributed by atoms with Gasteiger partial charge in [-0.2, -0.15) is 5.26 Å². The minimum atomic E-state index is -0.683. The number of hydrogen-bond acceptors (Lipinski definition) is 6. The van der Waals surface area contributed by atoms with Crippen molar-refractivity contribution < 1.29 is 19.4 Å². The zero-order valence-corrected chi connectivity index (χ0v) is 17.4. The number of carbonyl (C=O) groups excluding carboxylic acids is 2. The molecule has 32 heavy (non-hydrogen) atoms. The van der Waals surface area contributed by atoms with Gasteiger partial charge in [0.05, 0.1) is 25.1 Å². The third kappa shape index (κ3) is 5.17. The fourth-order valence-corrected chi connectivity index (χ4v) is 3.09. The number of nitrogens with zero attached hydrogens (tertiary/aromatic N) is 4. The largest absolute Gasteiger partial charge is 0.496 e. The first-order valence-corrected chi connectivity index (χ1v) is 9.75. The van der Waals surface area contributed by atoms with Crippen molar-refractivity contribution in [3.8, 4) is 17.7 Å². The molecular weight excluding hydrogens is 410 g/mol. The normalized spacial score (nSPS) is 11.1. The van der Waals surface area contributed by atoms with Crippen molar-refractivity contribution in [2.75, 3.05) is 13.7 Å². The Bertz CT molecular complexity index is 1240. The van der Waals surface area contributed by atoms with E-state index < -0.39 is 11.8 Å². The summed E-state index contributed by atoms with van der Waals surface area (Å²) < 4.78 is 6.75. The fourth-order valence-electron chi connectivity index (χ4n) is 3.09. The monoisotopic (exact) mass is 431 g/mol. The van der Waals surface area contributed by atoms with Crippen LogP contribution in [0.2, 0.25) is 0 Å². The van der Waals surface area contributed by atoms with E-state index >= 15 is 0 Å². The Labute approximate surface area is 184 Å². The number of aromatic nitrogens is 1. The maximum Gasteiger partial charge on any atom is 0.283 e. The number of carbonyl (C=O) groups is 2. The minimum Gasteiger partial charge on any atom is -0.496 e. The van der Waals surface area contributed by atoms with Crippen LogP contribution in [0, 0.1) is 11.3 Å². The number of ether oxygens (including phenoxy) is 1. The molecule has 0 aliphatic heterocycles. The van der Waals surface area contributed by atoms with Gasteiger partial charge in [0.2, 0.25) is 11.8 Å². The number of hydrogen-bond donors (Lipinski definition) is 2. The van der Waals surface area contributed by atoms with Gasteiger partial charge in [-0.1, -0.05) is 36.4 Å². The summed E-state index contributed by atoms with van der Waals surface area (Å²) in [5.41, 5.74) is 1.53. The number of nitriles is 1. The van der Waals surface area contributed by atoms with Gasteiger partial charge in [0.1, 0.15) is 12.3 Å². The number of fused-ring (bicyclic) bond motifs is 1. The van der Waals surface area contributed by atoms with Crippen molar-refractivity contribution in [3.63, 3.8) is 0 Å². The van der Waals surface area contributed by atoms with E-state index in [1.54, 1.807) is 47.0 Å². The Hall–Kier alpha value is -4.45. The number of nitrogens with one attached hydrogen (secondary N) is 1. The molecule has 0 aliphatic rings. The maximum absolute atomic E-state index is 12.1. The highest BCUT2D eigenvalue weighted by Crippen LogP contribution is 2.38. The van der Waals surface area contributed by atoms with E-state index in [9.17, 15) is 14.7 Å². The Morgan fingerprint density at radius 1 is 1.22 bits per heavy atom. The average Bonchev–Trinajstić information content (AvgIpc) is 3.09. The first-order valence-electron chi connectivity index (χ1n) is 9.75. The molecule has 0 saturated heterocycles. The molecule has 0 bridgehead atoms. The molecule has 2 aromatic carbocycles. The van der Waals surface area contributed by atoms with Gasteiger partial charge in [-0.05, 0) is 18.2 Å². The zero-order valence-electron chi connectivity index (χ0n) is 17.4. The van der Waals surface area contributed by atoms with Gasteiger partial charge in [-0.3, -0.25) is 9.59 Å². The number of aryl methyl sites for hydroxylation is 1. The topological polar surface area (TPSA) is 129 Å². The Morgan fingerprint density at radius 2 is 1.97 bits per heavy atom. The predicted octanol–water partition coefficient (Wildman–Crippen LogP) is 3.71. The van der Waals surface area contributed by atoms with Crippen LogP contribution in [-0.2, 0) is 16.1 Å². The van der Waals surface area contributed by atoms with Crippen LogP contribution in [-0.4, -0.2) is 35.1 Å². The molecule has 0 radical (unpaired) electrons. The van der Waals surface area contributed by atoms with Crippen LogP contribution in [0.15, 0.2) is 64.8 Å². The molecule has 0 aliphatic carbocycles. The van der Waals surface area contributed by atoms with Gasteiger partial charge in [0.15, 0.2) is 5.69 Å². The Balaban J connectivity index is 1.65. The smallest absolute Gasteiger partial charge is 0.283 e. The van der Waals surface area contributed by atoms with Gasteiger partial charge in [0.25, 0.3) is 5.91 Å². The molecule has 0 fully saturated rings. The van der Waals surface area contributed by atoms with E-state index in [1.165, 1.54) is 13.2 Å². The predicted molar refractivity (Wildman–Crippen MR) is 118 cm³/mol. The van der Waals surface area contributed by atoms with Gasteiger partial charge in [0, 0.05) is 23.6 Å². The summed E-state index contributed by atoms with van der Waals surface area (Å²) in [5, 5.41) is 29.9. The lowest BCUT2D eigenvalue weighted by Crippen LogP contribution is -2.26. The van der Waals surface area contributed by atoms with E-state index in [0.717, 1.165) is 5.56 Å². The lowest BCUT2D eigenvalue weighted by molar-refractivity contribution is -0.122. The molecule has 2 N–H and O–H groups in total. The molecule has 9 nitrogen and oxygen atoms in total. The highest BCUT2D eigenvalue weighted by Gasteiger charge is 2.16. The molecule has 0 atom stereocenters. The number of amides is 2. The lowest BCUT2D eigenvalue weighted by Gasteiger charge is -2.03. The molecule has 2 amide bonds. The Kier molecular flexibility index (Phi) is 7.33. The van der Waals surface area contributed by atoms with Crippen LogP contribution in [0.1, 0.15) is 12.0 Å². The highest BCUT2D eigenvalue weighted by atomic mass is 16.5. The summed E-state index contributed by atoms with van der Waals surface area (Å²) in [4.78, 5) is 24.1. The number of rotatable bonds is 8. The zero-order chi connectivity index (χ0) is 22.9. The minimum absolute atomic E-state index is 0.134. The van der Waals surface area contributed by atoms with Crippen LogP contribution >= 0.6 is 0 Å². The number of para-hydroxylation sites is 2. The van der Waals surface area contributed by atoms with Gasteiger partial charge in [-0.15, -0.1) is 10.2 Å². The molecule has 1 aromatic heterocycles. The number of benzene rings is 2. The summed E-state index contributed by atoms with van der Waals surface area (Å²) in [5.74, 6) is -0.718. The van der Waals surface area contributed by atoms with Crippen LogP contribution in [0.4, 0.5) is 5.69 Å². The average molecular weight is 431 g/mol. The summed E-state index contributed by atoms with van der Waals surface area (Å²) >= 11 is 0. The van der Waals surface area contributed by atoms with E-state index in [4.69, 9.17) is 10.00 Å². The van der Waals surface area contributed by atoms with Crippen molar-refractivity contribution >= 4 is 34.5 Å². The molecule has 1 heterocycles. The van der Waals surface area contributed by atoms with Crippen LogP contribution in [0.5, 0.6) is 11.6 Å². The molecule has 162 valence electrons. The summed E-state index contributed by atoms with van der Waals surface area (Å²) in [6, 6.07) is 16.3. The number of methoxy groups -OCH3 is 1. The lowest BCUT2D eigenvalue weighted by atomic mass is 10.2. The van der Waals surface area contributed by atoms with Gasteiger partial charge in [-0.25, -0.2) is 0 Å². The van der Waals surface area contributed by atoms with E-state index in [1.807, 2.05) is 18.2 Å². The number of azo groups is 1. The maximum atomic E-state index is 12.1. The molecule has 9 heteroatoms. The highest BCUT2D eigenvalue weighted by molar-refractivity contribution is 5.96. The Morgan fingerprint density at radius 3 is 2.75 bits per heavy atom. The molecule has 0 unspecified atom stereocenters. The van der Waals surface area contributed by atoms with Crippen molar-refractivity contribution in [3.05, 3.63) is 60.2 Å². The van der Waals surface area contributed by atoms with Crippen molar-refractivity contribution in [2.45, 2.75) is 13.0 Å². The van der Waals surface area contributed by atoms with Crippen molar-refractivity contribution in [1.29, 1.82) is 5.26 Å². The van der Waals surface area contributed by atoms with E-state index in [0.29, 0.717) is 16.7 Å². The first kappa shape index (κ1) is 22.2. The summed E-state index contributed by atoms with van der Waals surface area (Å²) in [6.07, 6.45) is 3.07. The van der Waals surface area contributed by atoms with E-state index in [-0.39, 0.29) is 31.1 Å².